The van der Waals surface area contributed by atoms with E-state index in [1.807, 2.05) is 14.0 Å². The highest BCUT2D eigenvalue weighted by atomic mass is 16.5. The van der Waals surface area contributed by atoms with Crippen LogP contribution in [0.1, 0.15) is 40.5 Å². The van der Waals surface area contributed by atoms with Crippen molar-refractivity contribution in [2.45, 2.75) is 64.4 Å². The minimum absolute atomic E-state index is 0.00876. The van der Waals surface area contributed by atoms with E-state index < -0.39 is 28.0 Å². The highest BCUT2D eigenvalue weighted by molar-refractivity contribution is 5.57. The molecule has 7 unspecified atom stereocenters. The van der Waals surface area contributed by atoms with E-state index in [1.54, 1.807) is 7.11 Å². The summed E-state index contributed by atoms with van der Waals surface area (Å²) in [6.45, 7) is 10.4. The number of hydrogen-bond donors (Lipinski definition) is 3. The molecule has 5 aliphatic rings. The van der Waals surface area contributed by atoms with Crippen LogP contribution in [-0.4, -0.2) is 77.8 Å². The van der Waals surface area contributed by atoms with Crippen LogP contribution in [0.25, 0.3) is 0 Å². The van der Waals surface area contributed by atoms with E-state index in [1.165, 1.54) is 5.57 Å². The van der Waals surface area contributed by atoms with Crippen molar-refractivity contribution in [3.05, 3.63) is 35.6 Å². The van der Waals surface area contributed by atoms with E-state index in [9.17, 15) is 10.2 Å². The Morgan fingerprint density at radius 2 is 2.00 bits per heavy atom. The Balaban J connectivity index is 1.92. The van der Waals surface area contributed by atoms with Gasteiger partial charge >= 0.3 is 0 Å². The SMILES string of the molecule is CCC12C=CCN3CC(C)(C)C4(C5=CCC(OC)C=C5N(C)C4(N)C(C)(CO)C1O)C32. The standard InChI is InChI=1S/C25H39N3O3/c1-7-23-11-8-12-28-14-21(2,3)24(19(23)28)17-10-9-16(31-6)13-18(17)27(5)25(24,26)22(4,15-29)20(23)30/h8,10-11,13,16,19-20,29-30H,7,9,12,14-15,26H2,1-6H3. The zero-order chi connectivity index (χ0) is 22.6. The molecule has 0 radical (unpaired) electrons. The Kier molecular flexibility index (Phi) is 4.35. The number of likely N-dealkylation sites (tertiary alicyclic amines) is 1. The number of rotatable bonds is 3. The van der Waals surface area contributed by atoms with Crippen LogP contribution in [0.5, 0.6) is 0 Å². The largest absolute Gasteiger partial charge is 0.396 e. The highest BCUT2D eigenvalue weighted by Gasteiger charge is 2.85. The lowest BCUT2D eigenvalue weighted by atomic mass is 9.38. The van der Waals surface area contributed by atoms with Gasteiger partial charge < -0.3 is 25.6 Å². The molecule has 0 aromatic carbocycles. The third-order valence-electron chi connectivity index (χ3n) is 10.0. The van der Waals surface area contributed by atoms with Gasteiger partial charge in [-0.05, 0) is 29.9 Å². The first-order valence-electron chi connectivity index (χ1n) is 11.7. The maximum absolute atomic E-state index is 12.1. The molecule has 0 aromatic rings. The number of methoxy groups -OCH3 is 1. The van der Waals surface area contributed by atoms with E-state index in [0.717, 1.165) is 31.6 Å². The first kappa shape index (κ1) is 21.7. The lowest BCUT2D eigenvalue weighted by Crippen LogP contribution is -2.84. The molecule has 2 aliphatic carbocycles. The van der Waals surface area contributed by atoms with Crippen molar-refractivity contribution in [2.24, 2.45) is 27.4 Å². The van der Waals surface area contributed by atoms with Crippen LogP contribution in [0.4, 0.5) is 0 Å². The fraction of sp³-hybridized carbons (Fsp3) is 0.760. The summed E-state index contributed by atoms with van der Waals surface area (Å²) in [4.78, 5) is 4.72. The predicted molar refractivity (Wildman–Crippen MR) is 121 cm³/mol. The van der Waals surface area contributed by atoms with Gasteiger partial charge in [0.1, 0.15) is 5.66 Å². The van der Waals surface area contributed by atoms with Gasteiger partial charge in [-0.25, -0.2) is 0 Å². The van der Waals surface area contributed by atoms with E-state index in [-0.39, 0.29) is 24.2 Å². The number of fused-ring (bicyclic) bond motifs is 1. The Morgan fingerprint density at radius 1 is 1.29 bits per heavy atom. The Labute approximate surface area is 186 Å². The molecule has 3 aliphatic heterocycles. The van der Waals surface area contributed by atoms with Gasteiger partial charge in [0.25, 0.3) is 0 Å². The minimum Gasteiger partial charge on any atom is -0.396 e. The summed E-state index contributed by atoms with van der Waals surface area (Å²) in [5, 5.41) is 23.0. The van der Waals surface area contributed by atoms with Gasteiger partial charge in [-0.3, -0.25) is 4.90 Å². The molecular formula is C25H39N3O3. The number of ether oxygens (including phenoxy) is 1. The molecule has 6 heteroatoms. The average Bonchev–Trinajstić information content (AvgIpc) is 3.14. The van der Waals surface area contributed by atoms with Crippen molar-refractivity contribution in [3.8, 4) is 0 Å². The summed E-state index contributed by atoms with van der Waals surface area (Å²) in [6, 6.07) is 0.0586. The molecule has 1 spiro atoms. The normalized spacial score (nSPS) is 50.0. The number of aliphatic hydroxyl groups is 2. The number of likely N-dealkylation sites (N-methyl/N-ethyl adjacent to an activating group) is 1. The highest BCUT2D eigenvalue weighted by Crippen LogP contribution is 2.77. The van der Waals surface area contributed by atoms with Crippen LogP contribution < -0.4 is 5.73 Å². The topological polar surface area (TPSA) is 82.2 Å². The molecular weight excluding hydrogens is 390 g/mol. The molecule has 6 nitrogen and oxygen atoms in total. The molecule has 3 fully saturated rings. The van der Waals surface area contributed by atoms with E-state index >= 15 is 0 Å². The maximum Gasteiger partial charge on any atom is 0.110 e. The van der Waals surface area contributed by atoms with E-state index in [0.29, 0.717) is 0 Å². The van der Waals surface area contributed by atoms with E-state index in [4.69, 9.17) is 10.5 Å². The van der Waals surface area contributed by atoms with Crippen LogP contribution >= 0.6 is 0 Å². The molecule has 7 atom stereocenters. The Bertz CT molecular complexity index is 896. The molecule has 3 heterocycles. The van der Waals surface area contributed by atoms with Crippen molar-refractivity contribution in [3.63, 3.8) is 0 Å². The number of nitrogens with zero attached hydrogens (tertiary/aromatic N) is 2. The molecule has 4 N–H and O–H groups in total. The van der Waals surface area contributed by atoms with Gasteiger partial charge in [-0.1, -0.05) is 45.9 Å². The van der Waals surface area contributed by atoms with Crippen LogP contribution in [0, 0.1) is 21.7 Å². The third kappa shape index (κ3) is 1.96. The smallest absolute Gasteiger partial charge is 0.110 e. The van der Waals surface area contributed by atoms with Gasteiger partial charge in [-0.15, -0.1) is 0 Å². The van der Waals surface area contributed by atoms with Gasteiger partial charge in [-0.2, -0.15) is 0 Å². The summed E-state index contributed by atoms with van der Waals surface area (Å²) in [7, 11) is 3.79. The summed E-state index contributed by atoms with van der Waals surface area (Å²) in [6.07, 6.45) is 9.86. The molecule has 1 saturated carbocycles. The number of allylic oxidation sites excluding steroid dienone is 1. The molecule has 0 bridgehead atoms. The molecule has 2 saturated heterocycles. The number of aliphatic hydroxyl groups excluding tert-OH is 2. The van der Waals surface area contributed by atoms with Crippen molar-refractivity contribution < 1.29 is 14.9 Å². The summed E-state index contributed by atoms with van der Waals surface area (Å²) >= 11 is 0. The maximum atomic E-state index is 12.1. The van der Waals surface area contributed by atoms with Gasteiger partial charge in [0.15, 0.2) is 0 Å². The monoisotopic (exact) mass is 429 g/mol. The van der Waals surface area contributed by atoms with Gasteiger partial charge in [0.2, 0.25) is 0 Å². The van der Waals surface area contributed by atoms with Crippen molar-refractivity contribution in [2.75, 3.05) is 33.9 Å². The molecule has 5 rings (SSSR count). The summed E-state index contributed by atoms with van der Waals surface area (Å²) < 4.78 is 5.70. The second-order valence-corrected chi connectivity index (χ2v) is 11.4. The quantitative estimate of drug-likeness (QED) is 0.594. The summed E-state index contributed by atoms with van der Waals surface area (Å²) in [5.41, 5.74) is 7.05. The molecule has 31 heavy (non-hydrogen) atoms. The lowest BCUT2D eigenvalue weighted by Gasteiger charge is -2.70. The molecule has 172 valence electrons. The first-order chi connectivity index (χ1) is 14.5. The lowest BCUT2D eigenvalue weighted by molar-refractivity contribution is -0.246. The fourth-order valence-corrected chi connectivity index (χ4v) is 8.75. The zero-order valence-electron chi connectivity index (χ0n) is 19.9. The molecule has 0 aromatic heterocycles. The number of nitrogens with two attached hydrogens (primary N) is 1. The van der Waals surface area contributed by atoms with Crippen LogP contribution in [0.3, 0.4) is 0 Å². The van der Waals surface area contributed by atoms with Crippen LogP contribution in [0.15, 0.2) is 35.6 Å². The van der Waals surface area contributed by atoms with Crippen molar-refractivity contribution >= 4 is 0 Å². The van der Waals surface area contributed by atoms with Crippen LogP contribution in [-0.2, 0) is 4.74 Å². The van der Waals surface area contributed by atoms with Gasteiger partial charge in [0.05, 0.1) is 29.6 Å². The molecule has 0 amide bonds. The second-order valence-electron chi connectivity index (χ2n) is 11.4. The fourth-order valence-electron chi connectivity index (χ4n) is 8.75. The summed E-state index contributed by atoms with van der Waals surface area (Å²) in [5.74, 6) is 0. The van der Waals surface area contributed by atoms with Crippen LogP contribution in [0.2, 0.25) is 0 Å². The minimum atomic E-state index is -0.957. The first-order valence-corrected chi connectivity index (χ1v) is 11.7. The van der Waals surface area contributed by atoms with Gasteiger partial charge in [0, 0.05) is 44.4 Å². The average molecular weight is 430 g/mol. The second kappa shape index (κ2) is 6.23. The van der Waals surface area contributed by atoms with Crippen molar-refractivity contribution in [1.82, 2.24) is 9.80 Å². The van der Waals surface area contributed by atoms with E-state index in [2.05, 4.69) is 54.9 Å². The zero-order valence-corrected chi connectivity index (χ0v) is 19.9. The van der Waals surface area contributed by atoms with Crippen molar-refractivity contribution in [1.29, 1.82) is 0 Å². The Hall–Kier alpha value is -1.18. The Morgan fingerprint density at radius 3 is 2.61 bits per heavy atom. The third-order valence-corrected chi connectivity index (χ3v) is 10.0. The number of hydrogen-bond acceptors (Lipinski definition) is 6. The predicted octanol–water partition coefficient (Wildman–Crippen LogP) is 1.85.